The zero-order valence-electron chi connectivity index (χ0n) is 17.0. The van der Waals surface area contributed by atoms with E-state index in [9.17, 15) is 23.5 Å². The fourth-order valence-electron chi connectivity index (χ4n) is 3.00. The van der Waals surface area contributed by atoms with Gasteiger partial charge in [0.1, 0.15) is 23.5 Å². The lowest BCUT2D eigenvalue weighted by Gasteiger charge is -2.25. The molecule has 0 amide bonds. The first-order valence-electron chi connectivity index (χ1n) is 9.73. The van der Waals surface area contributed by atoms with E-state index in [2.05, 4.69) is 0 Å². The Bertz CT molecular complexity index is 697. The van der Waals surface area contributed by atoms with E-state index in [0.717, 1.165) is 18.2 Å². The Hall–Kier alpha value is -1.74. The second-order valence-corrected chi connectivity index (χ2v) is 8.36. The van der Waals surface area contributed by atoms with E-state index in [0.29, 0.717) is 12.8 Å². The predicted octanol–water partition coefficient (Wildman–Crippen LogP) is 1.63. The fourth-order valence-corrected chi connectivity index (χ4v) is 3.00. The van der Waals surface area contributed by atoms with Crippen LogP contribution in [-0.4, -0.2) is 46.6 Å². The molecule has 164 valence electrons. The third-order valence-electron chi connectivity index (χ3n) is 5.05. The van der Waals surface area contributed by atoms with Gasteiger partial charge in [0, 0.05) is 25.3 Å². The third kappa shape index (κ3) is 9.08. The number of rotatable bonds is 13. The Balaban J connectivity index is 2.43. The van der Waals surface area contributed by atoms with Crippen molar-refractivity contribution in [2.45, 2.75) is 70.6 Å². The van der Waals surface area contributed by atoms with Crippen LogP contribution in [0.4, 0.5) is 8.78 Å². The van der Waals surface area contributed by atoms with E-state index < -0.39 is 42.2 Å². The summed E-state index contributed by atoms with van der Waals surface area (Å²) in [4.78, 5) is 24.1. The molecule has 0 saturated heterocycles. The Morgan fingerprint density at radius 2 is 1.76 bits per heavy atom. The number of carbonyl (C=O) groups is 2. The summed E-state index contributed by atoms with van der Waals surface area (Å²) in [6.07, 6.45) is 0.0227. The molecule has 1 rings (SSSR count). The first-order valence-corrected chi connectivity index (χ1v) is 9.73. The highest BCUT2D eigenvalue weighted by atomic mass is 19.1. The summed E-state index contributed by atoms with van der Waals surface area (Å²) in [6.45, 7) is 3.34. The topological polar surface area (TPSA) is 127 Å². The van der Waals surface area contributed by atoms with Gasteiger partial charge >= 0.3 is 0 Å². The average Bonchev–Trinajstić information content (AvgIpc) is 2.66. The highest BCUT2D eigenvalue weighted by Crippen LogP contribution is 2.29. The summed E-state index contributed by atoms with van der Waals surface area (Å²) in [6, 6.07) is 1.53. The van der Waals surface area contributed by atoms with E-state index in [1.165, 1.54) is 0 Å². The smallest absolute Gasteiger partial charge is 0.162 e. The van der Waals surface area contributed by atoms with Gasteiger partial charge in [-0.2, -0.15) is 0 Å². The van der Waals surface area contributed by atoms with Gasteiger partial charge in [0.25, 0.3) is 0 Å². The first-order chi connectivity index (χ1) is 13.4. The maximum absolute atomic E-state index is 13.7. The molecule has 0 aromatic heterocycles. The molecule has 6 N–H and O–H groups in total. The zero-order valence-corrected chi connectivity index (χ0v) is 17.0. The molecular weight excluding hydrogens is 382 g/mol. The van der Waals surface area contributed by atoms with E-state index >= 15 is 0 Å². The van der Waals surface area contributed by atoms with Crippen LogP contribution >= 0.6 is 0 Å². The van der Waals surface area contributed by atoms with Crippen molar-refractivity contribution in [1.82, 2.24) is 0 Å². The first kappa shape index (κ1) is 25.3. The van der Waals surface area contributed by atoms with E-state index in [1.807, 2.05) is 13.8 Å². The van der Waals surface area contributed by atoms with Crippen molar-refractivity contribution in [2.75, 3.05) is 6.61 Å². The highest BCUT2D eigenvalue weighted by molar-refractivity contribution is 5.83. The number of aliphatic hydroxyl groups is 2. The molecule has 0 aliphatic carbocycles. The lowest BCUT2D eigenvalue weighted by atomic mass is 9.81. The molecule has 1 aromatic carbocycles. The van der Waals surface area contributed by atoms with Crippen LogP contribution < -0.4 is 11.5 Å². The van der Waals surface area contributed by atoms with Crippen molar-refractivity contribution in [3.05, 3.63) is 35.4 Å². The summed E-state index contributed by atoms with van der Waals surface area (Å²) in [5.41, 5.74) is 11.2. The van der Waals surface area contributed by atoms with Crippen molar-refractivity contribution in [3.8, 4) is 0 Å². The van der Waals surface area contributed by atoms with Crippen LogP contribution in [0.1, 0.15) is 51.5 Å². The van der Waals surface area contributed by atoms with Crippen molar-refractivity contribution in [1.29, 1.82) is 0 Å². The van der Waals surface area contributed by atoms with Crippen molar-refractivity contribution in [2.24, 2.45) is 16.9 Å². The fraction of sp³-hybridized carbons (Fsp3) is 0.619. The molecule has 0 spiro atoms. The van der Waals surface area contributed by atoms with Crippen molar-refractivity contribution >= 4 is 11.6 Å². The van der Waals surface area contributed by atoms with Gasteiger partial charge < -0.3 is 21.7 Å². The highest BCUT2D eigenvalue weighted by Gasteiger charge is 2.26. The summed E-state index contributed by atoms with van der Waals surface area (Å²) < 4.78 is 26.9. The van der Waals surface area contributed by atoms with Crippen LogP contribution in [0, 0.1) is 17.0 Å². The Labute approximate surface area is 170 Å². The van der Waals surface area contributed by atoms with Crippen LogP contribution in [0.2, 0.25) is 0 Å². The van der Waals surface area contributed by atoms with E-state index in [1.54, 1.807) is 0 Å². The van der Waals surface area contributed by atoms with Crippen LogP contribution in [0.15, 0.2) is 18.2 Å². The average molecular weight is 414 g/mol. The minimum absolute atomic E-state index is 0.0506. The molecule has 3 unspecified atom stereocenters. The molecule has 0 aliphatic rings. The van der Waals surface area contributed by atoms with Gasteiger partial charge in [-0.3, -0.25) is 9.59 Å². The molecule has 0 heterocycles. The number of ketones is 2. The number of carbonyl (C=O) groups excluding carboxylic acids is 2. The van der Waals surface area contributed by atoms with Crippen LogP contribution in [0.3, 0.4) is 0 Å². The van der Waals surface area contributed by atoms with Gasteiger partial charge in [0.15, 0.2) is 5.78 Å². The van der Waals surface area contributed by atoms with Gasteiger partial charge in [-0.05, 0) is 48.4 Å². The summed E-state index contributed by atoms with van der Waals surface area (Å²) in [7, 11) is 0. The molecule has 0 saturated carbocycles. The number of nitrogens with two attached hydrogens (primary N) is 2. The van der Waals surface area contributed by atoms with Crippen LogP contribution in [0.25, 0.3) is 0 Å². The zero-order chi connectivity index (χ0) is 22.2. The van der Waals surface area contributed by atoms with Gasteiger partial charge in [0.2, 0.25) is 0 Å². The quantitative estimate of drug-likeness (QED) is 0.389. The molecule has 0 bridgehead atoms. The Morgan fingerprint density at radius 1 is 1.14 bits per heavy atom. The number of hydrogen-bond acceptors (Lipinski definition) is 6. The van der Waals surface area contributed by atoms with Crippen LogP contribution in [-0.2, 0) is 16.0 Å². The Morgan fingerprint density at radius 3 is 2.38 bits per heavy atom. The number of hydrogen-bond donors (Lipinski definition) is 4. The van der Waals surface area contributed by atoms with Gasteiger partial charge in [-0.25, -0.2) is 8.78 Å². The maximum Gasteiger partial charge on any atom is 0.162 e. The lowest BCUT2D eigenvalue weighted by molar-refractivity contribution is -0.129. The summed E-state index contributed by atoms with van der Waals surface area (Å²) >= 11 is 0. The van der Waals surface area contributed by atoms with Gasteiger partial charge in [-0.1, -0.05) is 13.8 Å². The SMILES string of the molecule is CC(C)(CCC(=O)CC(N)Cc1cc(F)ccc1F)CCC(=O)C(O)C(N)CO. The third-order valence-corrected chi connectivity index (χ3v) is 5.05. The second kappa shape index (κ2) is 11.4. The van der Waals surface area contributed by atoms with Crippen LogP contribution in [0.5, 0.6) is 0 Å². The predicted molar refractivity (Wildman–Crippen MR) is 106 cm³/mol. The number of Topliss-reactive ketones (excluding diaryl/α,β-unsaturated/α-hetero) is 2. The molecule has 1 aromatic rings. The number of halogens is 2. The van der Waals surface area contributed by atoms with E-state index in [4.69, 9.17) is 16.6 Å². The molecule has 6 nitrogen and oxygen atoms in total. The second-order valence-electron chi connectivity index (χ2n) is 8.36. The normalized spacial score (nSPS) is 15.0. The molecule has 0 radical (unpaired) electrons. The molecule has 29 heavy (non-hydrogen) atoms. The minimum atomic E-state index is -1.40. The maximum atomic E-state index is 13.7. The minimum Gasteiger partial charge on any atom is -0.395 e. The van der Waals surface area contributed by atoms with Crippen molar-refractivity contribution < 1.29 is 28.6 Å². The lowest BCUT2D eigenvalue weighted by Crippen LogP contribution is -2.43. The molecule has 8 heteroatoms. The standard InChI is InChI=1S/C21H32F2N2O4/c1-21(2,8-6-19(28)20(29)18(25)12-26)7-5-16(27)11-15(24)10-13-9-14(22)3-4-17(13)23/h3-4,9,15,18,20,26,29H,5-8,10-12,24-25H2,1-2H3. The monoisotopic (exact) mass is 414 g/mol. The largest absolute Gasteiger partial charge is 0.395 e. The summed E-state index contributed by atoms with van der Waals surface area (Å²) in [5, 5.41) is 18.6. The Kier molecular flexibility index (Phi) is 9.98. The van der Waals surface area contributed by atoms with E-state index in [-0.39, 0.29) is 42.4 Å². The number of benzene rings is 1. The van der Waals surface area contributed by atoms with Gasteiger partial charge in [0.05, 0.1) is 12.6 Å². The molecule has 0 aliphatic heterocycles. The van der Waals surface area contributed by atoms with Gasteiger partial charge in [-0.15, -0.1) is 0 Å². The molecule has 3 atom stereocenters. The molecular formula is C21H32F2N2O4. The molecule has 0 fully saturated rings. The van der Waals surface area contributed by atoms with Crippen molar-refractivity contribution in [3.63, 3.8) is 0 Å². The number of aliphatic hydroxyl groups excluding tert-OH is 2. The summed E-state index contributed by atoms with van der Waals surface area (Å²) in [5.74, 6) is -1.63.